The van der Waals surface area contributed by atoms with Gasteiger partial charge in [0.2, 0.25) is 16.0 Å². The van der Waals surface area contributed by atoms with Crippen molar-refractivity contribution < 1.29 is 13.2 Å². The van der Waals surface area contributed by atoms with Gasteiger partial charge >= 0.3 is 0 Å². The molecule has 8 nitrogen and oxygen atoms in total. The van der Waals surface area contributed by atoms with Crippen LogP contribution in [0.5, 0.6) is 0 Å². The Balaban J connectivity index is 1.40. The number of carbonyl (C=O) groups is 1. The summed E-state index contributed by atoms with van der Waals surface area (Å²) in [6.45, 7) is 6.77. The largest absolute Gasteiger partial charge is 0.339 e. The van der Waals surface area contributed by atoms with Crippen molar-refractivity contribution >= 4 is 21.9 Å². The summed E-state index contributed by atoms with van der Waals surface area (Å²) in [5.41, 5.74) is 0.522. The molecule has 0 atom stereocenters. The van der Waals surface area contributed by atoms with Crippen molar-refractivity contribution in [2.45, 2.75) is 31.2 Å². The number of anilines is 1. The summed E-state index contributed by atoms with van der Waals surface area (Å²) in [6.07, 6.45) is 5.57. The number of rotatable bonds is 5. The third kappa shape index (κ3) is 3.89. The molecule has 156 valence electrons. The lowest BCUT2D eigenvalue weighted by Gasteiger charge is -2.35. The van der Waals surface area contributed by atoms with Crippen LogP contribution in [0.25, 0.3) is 0 Å². The van der Waals surface area contributed by atoms with Crippen LogP contribution in [0.1, 0.15) is 30.1 Å². The van der Waals surface area contributed by atoms with Gasteiger partial charge in [0.15, 0.2) is 0 Å². The topological polar surface area (TPSA) is 78.8 Å². The molecule has 0 aliphatic carbocycles. The molecule has 1 aromatic carbocycles. The molecule has 2 aliphatic heterocycles. The molecular formula is C20H27N5O3S. The summed E-state index contributed by atoms with van der Waals surface area (Å²) >= 11 is 0. The van der Waals surface area contributed by atoms with Crippen LogP contribution in [-0.4, -0.2) is 72.3 Å². The van der Waals surface area contributed by atoms with Crippen LogP contribution in [0.15, 0.2) is 41.6 Å². The number of carbonyl (C=O) groups excluding carboxylic acids is 1. The molecule has 0 saturated carbocycles. The highest BCUT2D eigenvalue weighted by atomic mass is 32.2. The fraction of sp³-hybridized carbons (Fsp3) is 0.500. The zero-order chi connectivity index (χ0) is 20.4. The minimum absolute atomic E-state index is 0.0615. The van der Waals surface area contributed by atoms with Gasteiger partial charge in [-0.15, -0.1) is 0 Å². The van der Waals surface area contributed by atoms with Gasteiger partial charge in [0.1, 0.15) is 0 Å². The SMILES string of the molecule is CCn1ccnc1N1CCN(C(=O)c2ccc(S(=O)(=O)N3CCCC3)cc2)CC1. The number of amides is 1. The van der Waals surface area contributed by atoms with E-state index in [-0.39, 0.29) is 10.8 Å². The maximum Gasteiger partial charge on any atom is 0.253 e. The van der Waals surface area contributed by atoms with Crippen molar-refractivity contribution in [3.05, 3.63) is 42.2 Å². The Morgan fingerprint density at radius 3 is 2.28 bits per heavy atom. The molecule has 2 aliphatic rings. The van der Waals surface area contributed by atoms with E-state index >= 15 is 0 Å². The maximum atomic E-state index is 12.9. The van der Waals surface area contributed by atoms with Crippen LogP contribution in [0.2, 0.25) is 0 Å². The standard InChI is InChI=1S/C20H27N5O3S/c1-2-22-12-9-21-20(22)24-15-13-23(14-16-24)19(26)17-5-7-18(8-6-17)29(27,28)25-10-3-4-11-25/h5-9,12H,2-4,10-11,13-16H2,1H3. The quantitative estimate of drug-likeness (QED) is 0.739. The van der Waals surface area contributed by atoms with Crippen LogP contribution >= 0.6 is 0 Å². The predicted molar refractivity (Wildman–Crippen MR) is 110 cm³/mol. The zero-order valence-corrected chi connectivity index (χ0v) is 17.5. The lowest BCUT2D eigenvalue weighted by molar-refractivity contribution is 0.0746. The molecule has 1 aromatic heterocycles. The van der Waals surface area contributed by atoms with Crippen LogP contribution < -0.4 is 4.90 Å². The Hall–Kier alpha value is -2.39. The van der Waals surface area contributed by atoms with Gasteiger partial charge < -0.3 is 14.4 Å². The predicted octanol–water partition coefficient (Wildman–Crippen LogP) is 1.65. The van der Waals surface area contributed by atoms with Gasteiger partial charge in [-0.3, -0.25) is 4.79 Å². The van der Waals surface area contributed by atoms with Gasteiger partial charge in [0.05, 0.1) is 4.90 Å². The summed E-state index contributed by atoms with van der Waals surface area (Å²) in [6, 6.07) is 6.35. The summed E-state index contributed by atoms with van der Waals surface area (Å²) in [5, 5.41) is 0. The molecule has 9 heteroatoms. The van der Waals surface area contributed by atoms with E-state index < -0.39 is 10.0 Å². The van der Waals surface area contributed by atoms with Gasteiger partial charge in [-0.05, 0) is 44.0 Å². The van der Waals surface area contributed by atoms with Crippen LogP contribution in [0, 0.1) is 0 Å². The number of sulfonamides is 1. The Morgan fingerprint density at radius 2 is 1.66 bits per heavy atom. The van der Waals surface area contributed by atoms with Crippen molar-refractivity contribution in [1.82, 2.24) is 18.8 Å². The summed E-state index contributed by atoms with van der Waals surface area (Å²) in [4.78, 5) is 21.6. The first-order chi connectivity index (χ1) is 14.0. The molecule has 0 N–H and O–H groups in total. The molecule has 4 rings (SSSR count). The van der Waals surface area contributed by atoms with Crippen LogP contribution in [0.3, 0.4) is 0 Å². The van der Waals surface area contributed by atoms with Crippen molar-refractivity contribution in [2.75, 3.05) is 44.2 Å². The van der Waals surface area contributed by atoms with E-state index in [1.54, 1.807) is 30.5 Å². The zero-order valence-electron chi connectivity index (χ0n) is 16.7. The number of nitrogens with zero attached hydrogens (tertiary/aromatic N) is 5. The second kappa shape index (κ2) is 8.16. The van der Waals surface area contributed by atoms with Crippen molar-refractivity contribution in [1.29, 1.82) is 0 Å². The number of imidazole rings is 1. The lowest BCUT2D eigenvalue weighted by atomic mass is 10.2. The van der Waals surface area contributed by atoms with E-state index in [4.69, 9.17) is 0 Å². The molecular weight excluding hydrogens is 390 g/mol. The minimum Gasteiger partial charge on any atom is -0.339 e. The second-order valence-electron chi connectivity index (χ2n) is 7.43. The Bertz CT molecular complexity index is 956. The Morgan fingerprint density at radius 1 is 1.00 bits per heavy atom. The van der Waals surface area contributed by atoms with Crippen molar-refractivity contribution in [3.63, 3.8) is 0 Å². The third-order valence-corrected chi connectivity index (χ3v) is 7.60. The average Bonchev–Trinajstić information content (AvgIpc) is 3.45. The molecule has 2 aromatic rings. The lowest BCUT2D eigenvalue weighted by Crippen LogP contribution is -2.49. The highest BCUT2D eigenvalue weighted by Crippen LogP contribution is 2.22. The van der Waals surface area contributed by atoms with Crippen molar-refractivity contribution in [3.8, 4) is 0 Å². The highest BCUT2D eigenvalue weighted by molar-refractivity contribution is 7.89. The fourth-order valence-corrected chi connectivity index (χ4v) is 5.49. The molecule has 2 fully saturated rings. The third-order valence-electron chi connectivity index (χ3n) is 5.69. The first-order valence-corrected chi connectivity index (χ1v) is 11.6. The second-order valence-corrected chi connectivity index (χ2v) is 9.37. The van der Waals surface area contributed by atoms with Gasteiger partial charge in [0, 0.05) is 63.8 Å². The Kier molecular flexibility index (Phi) is 5.60. The number of hydrogen-bond donors (Lipinski definition) is 0. The molecule has 0 bridgehead atoms. The highest BCUT2D eigenvalue weighted by Gasteiger charge is 2.28. The van der Waals surface area contributed by atoms with E-state index in [9.17, 15) is 13.2 Å². The number of benzene rings is 1. The normalized spacial score (nSPS) is 18.4. The monoisotopic (exact) mass is 417 g/mol. The van der Waals surface area contributed by atoms with Gasteiger partial charge in [-0.1, -0.05) is 0 Å². The summed E-state index contributed by atoms with van der Waals surface area (Å²) in [5.74, 6) is 0.879. The first-order valence-electron chi connectivity index (χ1n) is 10.2. The van der Waals surface area contributed by atoms with Gasteiger partial charge in [-0.2, -0.15) is 4.31 Å². The summed E-state index contributed by atoms with van der Waals surface area (Å²) in [7, 11) is -3.45. The Labute approximate surface area is 171 Å². The maximum absolute atomic E-state index is 12.9. The van der Waals surface area contributed by atoms with E-state index in [1.807, 2.05) is 11.1 Å². The molecule has 3 heterocycles. The summed E-state index contributed by atoms with van der Waals surface area (Å²) < 4.78 is 28.9. The first kappa shape index (κ1) is 19.9. The van der Waals surface area contributed by atoms with Gasteiger partial charge in [0.25, 0.3) is 5.91 Å². The van der Waals surface area contributed by atoms with E-state index in [2.05, 4.69) is 21.4 Å². The molecule has 0 radical (unpaired) electrons. The molecule has 29 heavy (non-hydrogen) atoms. The average molecular weight is 418 g/mol. The van der Waals surface area contributed by atoms with Crippen LogP contribution in [0.4, 0.5) is 5.95 Å². The molecule has 2 saturated heterocycles. The number of aromatic nitrogens is 2. The van der Waals surface area contributed by atoms with E-state index in [1.165, 1.54) is 4.31 Å². The van der Waals surface area contributed by atoms with Gasteiger partial charge in [-0.25, -0.2) is 13.4 Å². The van der Waals surface area contributed by atoms with E-state index in [0.717, 1.165) is 38.4 Å². The molecule has 1 amide bonds. The van der Waals surface area contributed by atoms with E-state index in [0.29, 0.717) is 31.7 Å². The van der Waals surface area contributed by atoms with Crippen molar-refractivity contribution in [2.24, 2.45) is 0 Å². The van der Waals surface area contributed by atoms with Crippen LogP contribution in [-0.2, 0) is 16.6 Å². The number of aryl methyl sites for hydroxylation is 1. The number of hydrogen-bond acceptors (Lipinski definition) is 5. The smallest absolute Gasteiger partial charge is 0.253 e. The minimum atomic E-state index is -3.45. The fourth-order valence-electron chi connectivity index (χ4n) is 3.97. The number of piperazine rings is 1. The molecule has 0 unspecified atom stereocenters. The molecule has 0 spiro atoms.